The molecule has 1 aromatic rings. The molecule has 1 unspecified atom stereocenters. The van der Waals surface area contributed by atoms with Crippen molar-refractivity contribution in [2.75, 3.05) is 12.0 Å². The Morgan fingerprint density at radius 1 is 1.53 bits per heavy atom. The normalized spacial score (nSPS) is 21.7. The molecule has 1 heterocycles. The molecule has 1 aliphatic heterocycles. The Morgan fingerprint density at radius 2 is 2.32 bits per heavy atom. The Bertz CT molecular complexity index is 507. The Hall–Kier alpha value is -0.940. The zero-order chi connectivity index (χ0) is 13.8. The molecule has 6 heteroatoms. The van der Waals surface area contributed by atoms with Crippen LogP contribution in [0.2, 0.25) is 5.02 Å². The topological polar surface area (TPSA) is 28.0 Å². The highest BCUT2D eigenvalue weighted by Crippen LogP contribution is 2.34. The molecule has 0 amide bonds. The number of aliphatic imine (C=N–C) groups is 1. The second kappa shape index (κ2) is 6.48. The number of hydrazone groups is 1. The van der Waals surface area contributed by atoms with E-state index in [9.17, 15) is 4.39 Å². The SMILES string of the molecule is C=NN1CCCC(c2ccc(F)cc2Cl)/C1=N/CBr. The molecule has 0 aliphatic carbocycles. The third kappa shape index (κ3) is 3.15. The zero-order valence-electron chi connectivity index (χ0n) is 10.3. The van der Waals surface area contributed by atoms with Gasteiger partial charge in [-0.15, -0.1) is 0 Å². The van der Waals surface area contributed by atoms with E-state index >= 15 is 0 Å². The van der Waals surface area contributed by atoms with Crippen LogP contribution in [0.1, 0.15) is 24.3 Å². The van der Waals surface area contributed by atoms with Gasteiger partial charge in [0.05, 0.1) is 5.45 Å². The van der Waals surface area contributed by atoms with Gasteiger partial charge in [0.2, 0.25) is 0 Å². The fourth-order valence-electron chi connectivity index (χ4n) is 2.34. The highest BCUT2D eigenvalue weighted by Gasteiger charge is 2.29. The predicted molar refractivity (Wildman–Crippen MR) is 80.9 cm³/mol. The summed E-state index contributed by atoms with van der Waals surface area (Å²) in [5.74, 6) is 0.527. The number of alkyl halides is 1. The number of hydrogen-bond acceptors (Lipinski definition) is 2. The predicted octanol–water partition coefficient (Wildman–Crippen LogP) is 4.03. The van der Waals surface area contributed by atoms with E-state index in [4.69, 9.17) is 11.6 Å². The molecule has 0 aromatic heterocycles. The number of rotatable bonds is 3. The molecule has 102 valence electrons. The van der Waals surface area contributed by atoms with Gasteiger partial charge >= 0.3 is 0 Å². The van der Waals surface area contributed by atoms with Gasteiger partial charge in [-0.1, -0.05) is 33.6 Å². The smallest absolute Gasteiger partial charge is 0.128 e. The molecule has 0 bridgehead atoms. The fraction of sp³-hybridized carbons (Fsp3) is 0.385. The molecule has 0 saturated carbocycles. The van der Waals surface area contributed by atoms with Crippen LogP contribution in [-0.2, 0) is 0 Å². The van der Waals surface area contributed by atoms with Gasteiger partial charge in [0.25, 0.3) is 0 Å². The minimum Gasteiger partial charge on any atom is -0.259 e. The lowest BCUT2D eigenvalue weighted by atomic mass is 9.90. The maximum Gasteiger partial charge on any atom is 0.128 e. The first-order valence-corrected chi connectivity index (χ1v) is 7.46. The van der Waals surface area contributed by atoms with Gasteiger partial charge in [-0.25, -0.2) is 4.39 Å². The van der Waals surface area contributed by atoms with Crippen LogP contribution < -0.4 is 0 Å². The van der Waals surface area contributed by atoms with Gasteiger partial charge in [-0.05, 0) is 30.5 Å². The van der Waals surface area contributed by atoms with E-state index in [1.54, 1.807) is 11.1 Å². The first-order chi connectivity index (χ1) is 9.17. The molecule has 0 N–H and O–H groups in total. The third-order valence-corrected chi connectivity index (χ3v) is 3.75. The second-order valence-corrected chi connectivity index (χ2v) is 5.17. The highest BCUT2D eigenvalue weighted by atomic mass is 79.9. The minimum atomic E-state index is -0.331. The van der Waals surface area contributed by atoms with Gasteiger partial charge in [-0.3, -0.25) is 10.0 Å². The van der Waals surface area contributed by atoms with Gasteiger partial charge in [0, 0.05) is 24.2 Å². The monoisotopic (exact) mass is 345 g/mol. The zero-order valence-corrected chi connectivity index (χ0v) is 12.7. The van der Waals surface area contributed by atoms with Crippen LogP contribution in [0.15, 0.2) is 28.3 Å². The van der Waals surface area contributed by atoms with E-state index < -0.39 is 0 Å². The molecular formula is C13H14BrClFN3. The summed E-state index contributed by atoms with van der Waals surface area (Å²) >= 11 is 9.45. The summed E-state index contributed by atoms with van der Waals surface area (Å²) < 4.78 is 13.1. The second-order valence-electron chi connectivity index (χ2n) is 4.26. The summed E-state index contributed by atoms with van der Waals surface area (Å²) in [7, 11) is 0. The van der Waals surface area contributed by atoms with E-state index in [1.807, 2.05) is 0 Å². The van der Waals surface area contributed by atoms with Gasteiger partial charge in [0.15, 0.2) is 0 Å². The van der Waals surface area contributed by atoms with Crippen molar-refractivity contribution in [3.8, 4) is 0 Å². The summed E-state index contributed by atoms with van der Waals surface area (Å²) in [6.07, 6.45) is 1.89. The maximum absolute atomic E-state index is 13.1. The van der Waals surface area contributed by atoms with E-state index in [0.717, 1.165) is 30.8 Å². The van der Waals surface area contributed by atoms with Crippen LogP contribution in [0.5, 0.6) is 0 Å². The third-order valence-electron chi connectivity index (χ3n) is 3.17. The Labute approximate surface area is 125 Å². The first-order valence-electron chi connectivity index (χ1n) is 5.96. The number of nitrogens with zero attached hydrogens (tertiary/aromatic N) is 3. The van der Waals surface area contributed by atoms with Gasteiger partial charge < -0.3 is 0 Å². The first kappa shape index (κ1) is 14.5. The van der Waals surface area contributed by atoms with Crippen molar-refractivity contribution in [1.29, 1.82) is 0 Å². The number of halogens is 3. The van der Waals surface area contributed by atoms with Crippen molar-refractivity contribution >= 4 is 40.1 Å². The van der Waals surface area contributed by atoms with Gasteiger partial charge in [-0.2, -0.15) is 5.10 Å². The lowest BCUT2D eigenvalue weighted by Gasteiger charge is -2.32. The quantitative estimate of drug-likeness (QED) is 0.461. The van der Waals surface area contributed by atoms with E-state index in [-0.39, 0.29) is 11.7 Å². The van der Waals surface area contributed by atoms with Crippen LogP contribution in [-0.4, -0.2) is 29.6 Å². The standard InChI is InChI=1S/C13H14BrClFN3/c1-17-19-6-2-3-11(13(19)18-8-14)10-5-4-9(16)7-12(10)15/h4-5,7,11H,1-3,6,8H2/b18-13-. The summed E-state index contributed by atoms with van der Waals surface area (Å²) in [5, 5.41) is 6.20. The molecule has 1 saturated heterocycles. The molecule has 0 spiro atoms. The highest BCUT2D eigenvalue weighted by molar-refractivity contribution is 9.09. The van der Waals surface area contributed by atoms with Crippen LogP contribution >= 0.6 is 27.5 Å². The molecule has 0 radical (unpaired) electrons. The molecule has 1 atom stereocenters. The van der Waals surface area contributed by atoms with Crippen molar-refractivity contribution in [3.63, 3.8) is 0 Å². The largest absolute Gasteiger partial charge is 0.259 e. The lowest BCUT2D eigenvalue weighted by Crippen LogP contribution is -2.36. The Morgan fingerprint density at radius 3 is 2.95 bits per heavy atom. The summed E-state index contributed by atoms with van der Waals surface area (Å²) in [5.41, 5.74) is 1.38. The van der Waals surface area contributed by atoms with E-state index in [0.29, 0.717) is 10.5 Å². The number of piperidine rings is 1. The van der Waals surface area contributed by atoms with Crippen molar-refractivity contribution in [1.82, 2.24) is 5.01 Å². The van der Waals surface area contributed by atoms with Crippen molar-refractivity contribution in [2.45, 2.75) is 18.8 Å². The maximum atomic E-state index is 13.1. The van der Waals surface area contributed by atoms with Crippen LogP contribution in [0.3, 0.4) is 0 Å². The average molecular weight is 347 g/mol. The minimum absolute atomic E-state index is 0.0323. The Balaban J connectivity index is 2.40. The molecular weight excluding hydrogens is 333 g/mol. The van der Waals surface area contributed by atoms with Crippen molar-refractivity contribution < 1.29 is 4.39 Å². The number of benzene rings is 1. The summed E-state index contributed by atoms with van der Waals surface area (Å²) in [6.45, 7) is 4.36. The molecule has 19 heavy (non-hydrogen) atoms. The summed E-state index contributed by atoms with van der Waals surface area (Å²) in [4.78, 5) is 4.43. The molecule has 1 aromatic carbocycles. The number of amidine groups is 1. The molecule has 2 rings (SSSR count). The van der Waals surface area contributed by atoms with E-state index in [2.05, 4.69) is 32.7 Å². The van der Waals surface area contributed by atoms with Crippen molar-refractivity contribution in [3.05, 3.63) is 34.6 Å². The fourth-order valence-corrected chi connectivity index (χ4v) is 2.90. The summed E-state index contributed by atoms with van der Waals surface area (Å²) in [6, 6.07) is 4.48. The lowest BCUT2D eigenvalue weighted by molar-refractivity contribution is 0.373. The molecule has 1 aliphatic rings. The van der Waals surface area contributed by atoms with Crippen LogP contribution in [0, 0.1) is 5.82 Å². The molecule has 3 nitrogen and oxygen atoms in total. The van der Waals surface area contributed by atoms with Crippen molar-refractivity contribution in [2.24, 2.45) is 10.1 Å². The Kier molecular flexibility index (Phi) is 4.93. The molecule has 1 fully saturated rings. The average Bonchev–Trinajstić information content (AvgIpc) is 2.40. The van der Waals surface area contributed by atoms with Crippen LogP contribution in [0.4, 0.5) is 4.39 Å². The van der Waals surface area contributed by atoms with Crippen LogP contribution in [0.25, 0.3) is 0 Å². The number of hydrogen-bond donors (Lipinski definition) is 0. The van der Waals surface area contributed by atoms with Gasteiger partial charge in [0.1, 0.15) is 11.7 Å². The van der Waals surface area contributed by atoms with E-state index in [1.165, 1.54) is 12.1 Å².